The number of amides is 1. The lowest BCUT2D eigenvalue weighted by Gasteiger charge is -2.25. The molecule has 1 amide bonds. The third-order valence-electron chi connectivity index (χ3n) is 3.00. The Balaban J connectivity index is 2.17. The highest BCUT2D eigenvalue weighted by molar-refractivity contribution is 5.81. The average Bonchev–Trinajstić information content (AvgIpc) is 2.61. The lowest BCUT2D eigenvalue weighted by molar-refractivity contribution is -0.122. The van der Waals surface area contributed by atoms with Gasteiger partial charge in [0.2, 0.25) is 5.91 Å². The van der Waals surface area contributed by atoms with Gasteiger partial charge in [0.15, 0.2) is 0 Å². The smallest absolute Gasteiger partial charge is 0.235 e. The molecule has 4 nitrogen and oxygen atoms in total. The molecular formula is C8H14N2O2. The van der Waals surface area contributed by atoms with Gasteiger partial charge in [0.1, 0.15) is 0 Å². The fourth-order valence-electron chi connectivity index (χ4n) is 2.28. The van der Waals surface area contributed by atoms with Crippen LogP contribution in [0.1, 0.15) is 12.8 Å². The molecule has 2 heterocycles. The number of hydrogen-bond donors (Lipinski definition) is 2. The maximum Gasteiger partial charge on any atom is 0.235 e. The lowest BCUT2D eigenvalue weighted by Crippen LogP contribution is -2.47. The molecule has 4 heteroatoms. The molecule has 2 atom stereocenters. The molecule has 12 heavy (non-hydrogen) atoms. The second kappa shape index (κ2) is 2.71. The molecule has 2 saturated heterocycles. The normalized spacial score (nSPS) is 40.8. The summed E-state index contributed by atoms with van der Waals surface area (Å²) in [5, 5.41) is 3.13. The lowest BCUT2D eigenvalue weighted by atomic mass is 9.79. The van der Waals surface area contributed by atoms with E-state index in [0.717, 1.165) is 26.0 Å². The minimum atomic E-state index is -0.238. The van der Waals surface area contributed by atoms with Gasteiger partial charge in [0.05, 0.1) is 12.6 Å². The van der Waals surface area contributed by atoms with Crippen molar-refractivity contribution in [3.8, 4) is 0 Å². The molecule has 1 spiro atoms. The molecule has 2 rings (SSSR count). The van der Waals surface area contributed by atoms with Crippen molar-refractivity contribution in [2.24, 2.45) is 11.1 Å². The highest BCUT2D eigenvalue weighted by Gasteiger charge is 2.48. The van der Waals surface area contributed by atoms with Crippen LogP contribution in [-0.4, -0.2) is 31.7 Å². The average molecular weight is 170 g/mol. The zero-order chi connectivity index (χ0) is 8.60. The van der Waals surface area contributed by atoms with E-state index in [1.54, 1.807) is 0 Å². The van der Waals surface area contributed by atoms with Gasteiger partial charge < -0.3 is 15.8 Å². The van der Waals surface area contributed by atoms with Crippen LogP contribution in [0, 0.1) is 5.41 Å². The second-order valence-corrected chi connectivity index (χ2v) is 3.70. The van der Waals surface area contributed by atoms with Gasteiger partial charge in [0, 0.05) is 12.0 Å². The minimum Gasteiger partial charge on any atom is -0.381 e. The summed E-state index contributed by atoms with van der Waals surface area (Å²) >= 11 is 0. The molecule has 0 aliphatic carbocycles. The van der Waals surface area contributed by atoms with Crippen molar-refractivity contribution >= 4 is 5.91 Å². The fourth-order valence-corrected chi connectivity index (χ4v) is 2.28. The Bertz CT molecular complexity index is 194. The van der Waals surface area contributed by atoms with E-state index in [9.17, 15) is 4.79 Å². The van der Waals surface area contributed by atoms with Gasteiger partial charge in [-0.2, -0.15) is 0 Å². The molecular weight excluding hydrogens is 156 g/mol. The predicted octanol–water partition coefficient (Wildman–Crippen LogP) is -0.760. The standard InChI is InChI=1S/C8H14N2O2/c9-7(11)6-8(1-3-10-6)2-4-12-5-8/h6,10H,1-5H2,(H2,9,11). The quantitative estimate of drug-likeness (QED) is 0.543. The molecule has 2 aliphatic rings. The molecule has 2 fully saturated rings. The van der Waals surface area contributed by atoms with E-state index < -0.39 is 0 Å². The molecule has 0 aromatic carbocycles. The van der Waals surface area contributed by atoms with Crippen LogP contribution in [-0.2, 0) is 9.53 Å². The van der Waals surface area contributed by atoms with Gasteiger partial charge in [-0.25, -0.2) is 0 Å². The summed E-state index contributed by atoms with van der Waals surface area (Å²) in [7, 11) is 0. The van der Waals surface area contributed by atoms with E-state index in [1.165, 1.54) is 0 Å². The number of carbonyl (C=O) groups is 1. The highest BCUT2D eigenvalue weighted by Crippen LogP contribution is 2.39. The van der Waals surface area contributed by atoms with E-state index in [2.05, 4.69) is 5.32 Å². The first-order chi connectivity index (χ1) is 5.75. The van der Waals surface area contributed by atoms with Crippen molar-refractivity contribution in [3.05, 3.63) is 0 Å². The molecule has 2 aliphatic heterocycles. The van der Waals surface area contributed by atoms with Crippen LogP contribution in [0.15, 0.2) is 0 Å². The molecule has 0 bridgehead atoms. The number of nitrogens with two attached hydrogens (primary N) is 1. The molecule has 0 aromatic heterocycles. The monoisotopic (exact) mass is 170 g/mol. The van der Waals surface area contributed by atoms with Crippen molar-refractivity contribution in [3.63, 3.8) is 0 Å². The number of rotatable bonds is 1. The van der Waals surface area contributed by atoms with E-state index >= 15 is 0 Å². The van der Waals surface area contributed by atoms with Gasteiger partial charge >= 0.3 is 0 Å². The first kappa shape index (κ1) is 8.01. The maximum atomic E-state index is 11.1. The van der Waals surface area contributed by atoms with Crippen LogP contribution in [0.2, 0.25) is 0 Å². The summed E-state index contributed by atoms with van der Waals surface area (Å²) in [4.78, 5) is 11.1. The largest absolute Gasteiger partial charge is 0.381 e. The topological polar surface area (TPSA) is 64.4 Å². The Morgan fingerprint density at radius 3 is 3.00 bits per heavy atom. The molecule has 3 N–H and O–H groups in total. The SMILES string of the molecule is NC(=O)C1NCCC12CCOC2. The summed E-state index contributed by atoms with van der Waals surface area (Å²) in [6.07, 6.45) is 1.98. The van der Waals surface area contributed by atoms with Crippen molar-refractivity contribution in [2.75, 3.05) is 19.8 Å². The minimum absolute atomic E-state index is 0.0197. The van der Waals surface area contributed by atoms with Gasteiger partial charge in [-0.05, 0) is 19.4 Å². The summed E-state index contributed by atoms with van der Waals surface area (Å²) in [6, 6.07) is -0.167. The van der Waals surface area contributed by atoms with Gasteiger partial charge in [-0.15, -0.1) is 0 Å². The van der Waals surface area contributed by atoms with E-state index in [0.29, 0.717) is 6.61 Å². The summed E-state index contributed by atoms with van der Waals surface area (Å²) in [5.41, 5.74) is 5.31. The first-order valence-corrected chi connectivity index (χ1v) is 4.35. The Kier molecular flexibility index (Phi) is 1.81. The van der Waals surface area contributed by atoms with Gasteiger partial charge in [-0.3, -0.25) is 4.79 Å². The highest BCUT2D eigenvalue weighted by atomic mass is 16.5. The van der Waals surface area contributed by atoms with E-state index in [1.807, 2.05) is 0 Å². The summed E-state index contributed by atoms with van der Waals surface area (Å²) in [6.45, 7) is 2.34. The summed E-state index contributed by atoms with van der Waals surface area (Å²) in [5.74, 6) is -0.238. The Morgan fingerprint density at radius 1 is 1.58 bits per heavy atom. The molecule has 0 aromatic rings. The molecule has 68 valence electrons. The Morgan fingerprint density at radius 2 is 2.42 bits per heavy atom. The Hall–Kier alpha value is -0.610. The van der Waals surface area contributed by atoms with Crippen molar-refractivity contribution < 1.29 is 9.53 Å². The number of primary amides is 1. The van der Waals surface area contributed by atoms with Crippen LogP contribution in [0.4, 0.5) is 0 Å². The number of ether oxygens (including phenoxy) is 1. The van der Waals surface area contributed by atoms with Crippen molar-refractivity contribution in [1.82, 2.24) is 5.32 Å². The fraction of sp³-hybridized carbons (Fsp3) is 0.875. The third-order valence-corrected chi connectivity index (χ3v) is 3.00. The molecule has 0 radical (unpaired) electrons. The van der Waals surface area contributed by atoms with Crippen LogP contribution in [0.25, 0.3) is 0 Å². The van der Waals surface area contributed by atoms with E-state index in [4.69, 9.17) is 10.5 Å². The van der Waals surface area contributed by atoms with Crippen molar-refractivity contribution in [1.29, 1.82) is 0 Å². The van der Waals surface area contributed by atoms with E-state index in [-0.39, 0.29) is 17.4 Å². The van der Waals surface area contributed by atoms with Crippen LogP contribution >= 0.6 is 0 Å². The van der Waals surface area contributed by atoms with Gasteiger partial charge in [0.25, 0.3) is 0 Å². The van der Waals surface area contributed by atoms with Crippen LogP contribution in [0.5, 0.6) is 0 Å². The molecule has 2 unspecified atom stereocenters. The number of carbonyl (C=O) groups excluding carboxylic acids is 1. The third kappa shape index (κ3) is 1.03. The number of nitrogens with one attached hydrogen (secondary N) is 1. The molecule has 0 saturated carbocycles. The van der Waals surface area contributed by atoms with Crippen LogP contribution < -0.4 is 11.1 Å². The van der Waals surface area contributed by atoms with Crippen molar-refractivity contribution in [2.45, 2.75) is 18.9 Å². The zero-order valence-corrected chi connectivity index (χ0v) is 7.01. The van der Waals surface area contributed by atoms with Crippen LogP contribution in [0.3, 0.4) is 0 Å². The zero-order valence-electron chi connectivity index (χ0n) is 7.01. The predicted molar refractivity (Wildman–Crippen MR) is 43.5 cm³/mol. The summed E-state index contributed by atoms with van der Waals surface area (Å²) < 4.78 is 5.31. The Labute approximate surface area is 71.4 Å². The first-order valence-electron chi connectivity index (χ1n) is 4.35. The van der Waals surface area contributed by atoms with Gasteiger partial charge in [-0.1, -0.05) is 0 Å². The number of hydrogen-bond acceptors (Lipinski definition) is 3. The second-order valence-electron chi connectivity index (χ2n) is 3.70. The maximum absolute atomic E-state index is 11.1.